The Morgan fingerprint density at radius 2 is 1.48 bits per heavy atom. The van der Waals surface area contributed by atoms with Crippen LogP contribution in [0, 0.1) is 0 Å². The Hall–Kier alpha value is -2.48. The molecule has 0 bridgehead atoms. The molecule has 0 fully saturated rings. The smallest absolute Gasteiger partial charge is 0.123 e. The number of benzene rings is 2. The van der Waals surface area contributed by atoms with E-state index in [0.717, 1.165) is 37.7 Å². The van der Waals surface area contributed by atoms with E-state index in [2.05, 4.69) is 57.2 Å². The van der Waals surface area contributed by atoms with Crippen LogP contribution in [0.4, 0.5) is 0 Å². The summed E-state index contributed by atoms with van der Waals surface area (Å²) in [6, 6.07) is 14.0. The lowest BCUT2D eigenvalue weighted by atomic mass is 9.99. The highest BCUT2D eigenvalue weighted by Crippen LogP contribution is 2.30. The monoisotopic (exact) mass is 364 g/mol. The van der Waals surface area contributed by atoms with E-state index >= 15 is 0 Å². The van der Waals surface area contributed by atoms with Gasteiger partial charge < -0.3 is 10.2 Å². The molecule has 0 aliphatic carbocycles. The minimum atomic E-state index is 0.193. The summed E-state index contributed by atoms with van der Waals surface area (Å²) in [4.78, 5) is 0. The van der Waals surface area contributed by atoms with Gasteiger partial charge in [-0.2, -0.15) is 0 Å². The van der Waals surface area contributed by atoms with Gasteiger partial charge in [0, 0.05) is 5.56 Å². The Labute approximate surface area is 163 Å². The van der Waals surface area contributed by atoms with Gasteiger partial charge in [0.2, 0.25) is 0 Å². The van der Waals surface area contributed by atoms with Crippen LogP contribution in [0.5, 0.6) is 11.5 Å². The maximum Gasteiger partial charge on any atom is 0.123 e. The molecule has 0 aromatic heterocycles. The summed E-state index contributed by atoms with van der Waals surface area (Å²) < 4.78 is 0. The fourth-order valence-corrected chi connectivity index (χ4v) is 3.16. The average molecular weight is 365 g/mol. The largest absolute Gasteiger partial charge is 0.508 e. The fourth-order valence-electron chi connectivity index (χ4n) is 3.16. The summed E-state index contributed by atoms with van der Waals surface area (Å²) in [5.74, 6) is 0.385. The molecule has 0 saturated carbocycles. The highest BCUT2D eigenvalue weighted by Gasteiger charge is 2.09. The summed E-state index contributed by atoms with van der Waals surface area (Å²) >= 11 is 0. The average Bonchev–Trinajstić information content (AvgIpc) is 2.61. The second-order valence-corrected chi connectivity index (χ2v) is 7.53. The molecule has 0 saturated heterocycles. The summed E-state index contributed by atoms with van der Waals surface area (Å²) in [5, 5.41) is 20.7. The first kappa shape index (κ1) is 20.8. The van der Waals surface area contributed by atoms with E-state index in [-0.39, 0.29) is 11.5 Å². The third-order valence-electron chi connectivity index (χ3n) is 4.78. The standard InChI is InChI=1S/C25H32O2/c1-19(2)9-7-10-20(3)15-16-23-24(26)17-22(18-25(23)27)14-8-13-21-11-5-4-6-12-21/h4-6,9,11-12,15,17-18,26-27H,7-8,10,13-14,16H2,1-3H3. The first-order chi connectivity index (χ1) is 13.0. The molecule has 0 atom stereocenters. The molecular weight excluding hydrogens is 332 g/mol. The van der Waals surface area contributed by atoms with Crippen molar-refractivity contribution in [3.05, 3.63) is 82.5 Å². The van der Waals surface area contributed by atoms with E-state index < -0.39 is 0 Å². The molecule has 0 heterocycles. The Bertz CT molecular complexity index is 758. The predicted molar refractivity (Wildman–Crippen MR) is 114 cm³/mol. The van der Waals surface area contributed by atoms with Gasteiger partial charge in [0.25, 0.3) is 0 Å². The number of hydrogen-bond acceptors (Lipinski definition) is 2. The van der Waals surface area contributed by atoms with Gasteiger partial charge in [-0.1, -0.05) is 53.6 Å². The fraction of sp³-hybridized carbons (Fsp3) is 0.360. The van der Waals surface area contributed by atoms with Crippen molar-refractivity contribution in [2.75, 3.05) is 0 Å². The molecule has 2 rings (SSSR count). The second kappa shape index (κ2) is 10.6. The topological polar surface area (TPSA) is 40.5 Å². The van der Waals surface area contributed by atoms with Gasteiger partial charge in [-0.3, -0.25) is 0 Å². The van der Waals surface area contributed by atoms with Crippen molar-refractivity contribution in [3.8, 4) is 11.5 Å². The van der Waals surface area contributed by atoms with Gasteiger partial charge in [-0.25, -0.2) is 0 Å². The molecule has 0 aliphatic heterocycles. The SMILES string of the molecule is CC(C)=CCCC(C)=CCc1c(O)cc(CCCc2ccccc2)cc1O. The predicted octanol–water partition coefficient (Wildman–Crippen LogP) is 6.51. The number of hydrogen-bond donors (Lipinski definition) is 2. The summed E-state index contributed by atoms with van der Waals surface area (Å²) in [5.41, 5.74) is 5.52. The van der Waals surface area contributed by atoms with E-state index in [1.807, 2.05) is 6.07 Å². The number of aryl methyl sites for hydroxylation is 2. The quantitative estimate of drug-likeness (QED) is 0.498. The Balaban J connectivity index is 1.92. The molecule has 0 amide bonds. The third-order valence-corrected chi connectivity index (χ3v) is 4.78. The lowest BCUT2D eigenvalue weighted by Gasteiger charge is -2.10. The van der Waals surface area contributed by atoms with Crippen molar-refractivity contribution in [2.45, 2.75) is 59.3 Å². The van der Waals surface area contributed by atoms with Crippen LogP contribution in [-0.4, -0.2) is 10.2 Å². The highest BCUT2D eigenvalue weighted by atomic mass is 16.3. The third kappa shape index (κ3) is 7.34. The van der Waals surface area contributed by atoms with Crippen molar-refractivity contribution < 1.29 is 10.2 Å². The van der Waals surface area contributed by atoms with Crippen LogP contribution in [0.3, 0.4) is 0 Å². The van der Waals surface area contributed by atoms with Crippen molar-refractivity contribution in [3.63, 3.8) is 0 Å². The lowest BCUT2D eigenvalue weighted by molar-refractivity contribution is 0.439. The van der Waals surface area contributed by atoms with Gasteiger partial charge >= 0.3 is 0 Å². The molecule has 2 N–H and O–H groups in total. The molecule has 2 heteroatoms. The van der Waals surface area contributed by atoms with E-state index in [0.29, 0.717) is 12.0 Å². The second-order valence-electron chi connectivity index (χ2n) is 7.53. The van der Waals surface area contributed by atoms with Crippen molar-refractivity contribution >= 4 is 0 Å². The maximum atomic E-state index is 10.4. The summed E-state index contributed by atoms with van der Waals surface area (Å²) in [7, 11) is 0. The van der Waals surface area contributed by atoms with Crippen LogP contribution in [0.2, 0.25) is 0 Å². The summed E-state index contributed by atoms with van der Waals surface area (Å²) in [6.45, 7) is 6.32. The number of phenolic OH excluding ortho intramolecular Hbond substituents is 2. The van der Waals surface area contributed by atoms with E-state index in [4.69, 9.17) is 0 Å². The van der Waals surface area contributed by atoms with Gasteiger partial charge in [-0.15, -0.1) is 0 Å². The Kier molecular flexibility index (Phi) is 8.19. The number of rotatable bonds is 9. The van der Waals surface area contributed by atoms with Crippen molar-refractivity contribution in [2.24, 2.45) is 0 Å². The zero-order valence-corrected chi connectivity index (χ0v) is 16.8. The molecule has 0 radical (unpaired) electrons. The minimum Gasteiger partial charge on any atom is -0.508 e. The van der Waals surface area contributed by atoms with E-state index in [1.165, 1.54) is 16.7 Å². The maximum absolute atomic E-state index is 10.4. The van der Waals surface area contributed by atoms with Crippen LogP contribution in [0.15, 0.2) is 65.8 Å². The van der Waals surface area contributed by atoms with Crippen LogP contribution in [0.25, 0.3) is 0 Å². The molecule has 27 heavy (non-hydrogen) atoms. The van der Waals surface area contributed by atoms with E-state index in [1.54, 1.807) is 12.1 Å². The molecular formula is C25H32O2. The first-order valence-electron chi connectivity index (χ1n) is 9.82. The minimum absolute atomic E-state index is 0.193. The van der Waals surface area contributed by atoms with Crippen LogP contribution in [-0.2, 0) is 19.3 Å². The molecule has 144 valence electrons. The molecule has 0 aliphatic rings. The first-order valence-corrected chi connectivity index (χ1v) is 9.82. The molecule has 2 aromatic rings. The number of aromatic hydroxyl groups is 2. The van der Waals surface area contributed by atoms with Gasteiger partial charge in [-0.05, 0) is 82.6 Å². The normalized spacial score (nSPS) is 11.4. The van der Waals surface area contributed by atoms with Crippen molar-refractivity contribution in [1.82, 2.24) is 0 Å². The summed E-state index contributed by atoms with van der Waals surface area (Å²) in [6.07, 6.45) is 9.76. The molecule has 2 aromatic carbocycles. The van der Waals surface area contributed by atoms with Gasteiger partial charge in [0.15, 0.2) is 0 Å². The Morgan fingerprint density at radius 1 is 0.852 bits per heavy atom. The van der Waals surface area contributed by atoms with Gasteiger partial charge in [0.1, 0.15) is 11.5 Å². The molecule has 0 spiro atoms. The van der Waals surface area contributed by atoms with Crippen LogP contribution >= 0.6 is 0 Å². The van der Waals surface area contributed by atoms with Gasteiger partial charge in [0.05, 0.1) is 0 Å². The highest BCUT2D eigenvalue weighted by molar-refractivity contribution is 5.47. The lowest BCUT2D eigenvalue weighted by Crippen LogP contribution is -1.93. The zero-order valence-electron chi connectivity index (χ0n) is 16.8. The Morgan fingerprint density at radius 3 is 2.11 bits per heavy atom. The van der Waals surface area contributed by atoms with E-state index in [9.17, 15) is 10.2 Å². The zero-order chi connectivity index (χ0) is 19.6. The number of phenols is 2. The van der Waals surface area contributed by atoms with Crippen LogP contribution in [0.1, 0.15) is 56.7 Å². The van der Waals surface area contributed by atoms with Crippen molar-refractivity contribution in [1.29, 1.82) is 0 Å². The molecule has 2 nitrogen and oxygen atoms in total. The van der Waals surface area contributed by atoms with Crippen LogP contribution < -0.4 is 0 Å². The number of allylic oxidation sites excluding steroid dienone is 4. The molecule has 0 unspecified atom stereocenters.